The molecule has 1 saturated heterocycles. The van der Waals surface area contributed by atoms with E-state index in [4.69, 9.17) is 4.74 Å². The molecule has 0 aliphatic carbocycles. The monoisotopic (exact) mass is 332 g/mol. The fourth-order valence-corrected chi connectivity index (χ4v) is 2.41. The second kappa shape index (κ2) is 7.58. The minimum atomic E-state index is -4.55. The van der Waals surface area contributed by atoms with Crippen molar-refractivity contribution in [1.82, 2.24) is 15.1 Å². The lowest BCUT2D eigenvalue weighted by molar-refractivity contribution is -0.141. The Morgan fingerprint density at radius 2 is 2.22 bits per heavy atom. The van der Waals surface area contributed by atoms with Crippen molar-refractivity contribution < 1.29 is 22.7 Å². The number of halogens is 3. The second-order valence-corrected chi connectivity index (χ2v) is 5.35. The number of ether oxygens (including phenoxy) is 1. The number of nitrogens with one attached hydrogen (secondary N) is 1. The molecule has 9 heteroatoms. The molecule has 1 aliphatic rings. The molecule has 0 bridgehead atoms. The van der Waals surface area contributed by atoms with Gasteiger partial charge in [-0.25, -0.2) is 4.79 Å². The number of urea groups is 1. The zero-order chi connectivity index (χ0) is 16.9. The van der Waals surface area contributed by atoms with Crippen molar-refractivity contribution in [1.29, 1.82) is 0 Å². The summed E-state index contributed by atoms with van der Waals surface area (Å²) in [7, 11) is 0. The molecule has 1 aliphatic heterocycles. The van der Waals surface area contributed by atoms with Gasteiger partial charge in [0.25, 0.3) is 0 Å². The molecule has 0 saturated carbocycles. The van der Waals surface area contributed by atoms with Crippen molar-refractivity contribution in [3.63, 3.8) is 0 Å². The molecule has 1 unspecified atom stereocenters. The number of rotatable bonds is 4. The summed E-state index contributed by atoms with van der Waals surface area (Å²) in [5.41, 5.74) is -1.09. The SMILES string of the molecule is CCOCC1CCCN(C(=O)Nc2ccc(C(F)(F)F)nn2)C1. The van der Waals surface area contributed by atoms with Gasteiger partial charge < -0.3 is 9.64 Å². The minimum absolute atomic E-state index is 0.00469. The minimum Gasteiger partial charge on any atom is -0.381 e. The normalized spacial score (nSPS) is 18.8. The third-order valence-electron chi connectivity index (χ3n) is 3.55. The average molecular weight is 332 g/mol. The van der Waals surface area contributed by atoms with Gasteiger partial charge in [0.05, 0.1) is 6.61 Å². The van der Waals surface area contributed by atoms with Crippen molar-refractivity contribution in [2.45, 2.75) is 25.9 Å². The van der Waals surface area contributed by atoms with Crippen LogP contribution in [0.5, 0.6) is 0 Å². The zero-order valence-corrected chi connectivity index (χ0v) is 12.8. The van der Waals surface area contributed by atoms with Gasteiger partial charge in [-0.1, -0.05) is 0 Å². The highest BCUT2D eigenvalue weighted by Gasteiger charge is 2.33. The first-order valence-electron chi connectivity index (χ1n) is 7.44. The van der Waals surface area contributed by atoms with Gasteiger partial charge >= 0.3 is 12.2 Å². The topological polar surface area (TPSA) is 67.3 Å². The fourth-order valence-electron chi connectivity index (χ4n) is 2.41. The first-order chi connectivity index (χ1) is 10.9. The van der Waals surface area contributed by atoms with Gasteiger partial charge in [-0.05, 0) is 31.9 Å². The quantitative estimate of drug-likeness (QED) is 0.921. The van der Waals surface area contributed by atoms with E-state index in [1.807, 2.05) is 6.92 Å². The van der Waals surface area contributed by atoms with E-state index in [-0.39, 0.29) is 17.8 Å². The molecule has 1 aromatic heterocycles. The maximum atomic E-state index is 12.4. The van der Waals surface area contributed by atoms with Crippen LogP contribution in [0.3, 0.4) is 0 Å². The molecule has 0 spiro atoms. The molecule has 0 aromatic carbocycles. The van der Waals surface area contributed by atoms with Crippen LogP contribution in [-0.2, 0) is 10.9 Å². The number of aromatic nitrogens is 2. The Balaban J connectivity index is 1.90. The second-order valence-electron chi connectivity index (χ2n) is 5.35. The van der Waals surface area contributed by atoms with E-state index in [1.165, 1.54) is 0 Å². The molecule has 128 valence electrons. The number of hydrogen-bond acceptors (Lipinski definition) is 4. The summed E-state index contributed by atoms with van der Waals surface area (Å²) in [5, 5.41) is 8.94. The van der Waals surface area contributed by atoms with Gasteiger partial charge in [0.2, 0.25) is 0 Å². The van der Waals surface area contributed by atoms with Gasteiger partial charge in [0.15, 0.2) is 11.5 Å². The molecule has 23 heavy (non-hydrogen) atoms. The smallest absolute Gasteiger partial charge is 0.381 e. The van der Waals surface area contributed by atoms with Crippen molar-refractivity contribution in [2.24, 2.45) is 5.92 Å². The van der Waals surface area contributed by atoms with E-state index in [2.05, 4.69) is 15.5 Å². The average Bonchev–Trinajstić information content (AvgIpc) is 2.53. The fraction of sp³-hybridized carbons (Fsp3) is 0.643. The third-order valence-corrected chi connectivity index (χ3v) is 3.55. The summed E-state index contributed by atoms with van der Waals surface area (Å²) in [6.07, 6.45) is -2.69. The van der Waals surface area contributed by atoms with Crippen molar-refractivity contribution in [3.05, 3.63) is 17.8 Å². The number of hydrogen-bond donors (Lipinski definition) is 1. The Kier molecular flexibility index (Phi) is 5.75. The van der Waals surface area contributed by atoms with Crippen LogP contribution in [0.2, 0.25) is 0 Å². The van der Waals surface area contributed by atoms with Gasteiger partial charge in [0, 0.05) is 25.6 Å². The number of carbonyl (C=O) groups excluding carboxylic acids is 1. The number of likely N-dealkylation sites (tertiary alicyclic amines) is 1. The maximum Gasteiger partial charge on any atom is 0.435 e. The van der Waals surface area contributed by atoms with Crippen LogP contribution in [0.25, 0.3) is 0 Å². The Hall–Kier alpha value is -1.90. The highest BCUT2D eigenvalue weighted by atomic mass is 19.4. The van der Waals surface area contributed by atoms with Gasteiger partial charge in [-0.2, -0.15) is 13.2 Å². The number of anilines is 1. The van der Waals surface area contributed by atoms with Crippen molar-refractivity contribution in [2.75, 3.05) is 31.6 Å². The summed E-state index contributed by atoms with van der Waals surface area (Å²) >= 11 is 0. The van der Waals surface area contributed by atoms with E-state index >= 15 is 0 Å². The lowest BCUT2D eigenvalue weighted by Crippen LogP contribution is -2.43. The Bertz CT molecular complexity index is 522. The molecule has 2 amide bonds. The largest absolute Gasteiger partial charge is 0.435 e. The number of amides is 2. The van der Waals surface area contributed by atoms with Crippen molar-refractivity contribution in [3.8, 4) is 0 Å². The van der Waals surface area contributed by atoms with Crippen LogP contribution in [0.1, 0.15) is 25.5 Å². The number of piperidine rings is 1. The van der Waals surface area contributed by atoms with E-state index in [9.17, 15) is 18.0 Å². The Labute approximate surface area is 132 Å². The van der Waals surface area contributed by atoms with E-state index in [0.717, 1.165) is 25.0 Å². The van der Waals surface area contributed by atoms with E-state index in [0.29, 0.717) is 26.3 Å². The van der Waals surface area contributed by atoms with Crippen LogP contribution >= 0.6 is 0 Å². The molecule has 2 heterocycles. The Morgan fingerprint density at radius 1 is 1.43 bits per heavy atom. The molecule has 1 N–H and O–H groups in total. The summed E-state index contributed by atoms with van der Waals surface area (Å²) in [6, 6.07) is 1.49. The zero-order valence-electron chi connectivity index (χ0n) is 12.8. The van der Waals surface area contributed by atoms with Gasteiger partial charge in [-0.3, -0.25) is 5.32 Å². The molecule has 6 nitrogen and oxygen atoms in total. The molecule has 0 radical (unpaired) electrons. The highest BCUT2D eigenvalue weighted by molar-refractivity contribution is 5.88. The summed E-state index contributed by atoms with van der Waals surface area (Å²) in [4.78, 5) is 13.8. The van der Waals surface area contributed by atoms with Crippen molar-refractivity contribution >= 4 is 11.8 Å². The maximum absolute atomic E-state index is 12.4. The Morgan fingerprint density at radius 3 is 2.83 bits per heavy atom. The van der Waals surface area contributed by atoms with Crippen LogP contribution in [0.4, 0.5) is 23.8 Å². The van der Waals surface area contributed by atoms with Gasteiger partial charge in [-0.15, -0.1) is 10.2 Å². The molecule has 1 atom stereocenters. The standard InChI is InChI=1S/C14H19F3N4O2/c1-2-23-9-10-4-3-7-21(8-10)13(22)18-12-6-5-11(19-20-12)14(15,16)17/h5-6,10H,2-4,7-9H2,1H3,(H,18,20,22). The molecule has 2 rings (SSSR count). The first-order valence-corrected chi connectivity index (χ1v) is 7.44. The number of alkyl halides is 3. The van der Waals surface area contributed by atoms with E-state index < -0.39 is 11.9 Å². The highest BCUT2D eigenvalue weighted by Crippen LogP contribution is 2.27. The van der Waals surface area contributed by atoms with Gasteiger partial charge in [0.1, 0.15) is 0 Å². The predicted octanol–water partition coefficient (Wildman–Crippen LogP) is 2.78. The summed E-state index contributed by atoms with van der Waals surface area (Å²) in [6.45, 7) is 4.29. The first kappa shape index (κ1) is 17.5. The summed E-state index contributed by atoms with van der Waals surface area (Å²) < 4.78 is 42.6. The van der Waals surface area contributed by atoms with Crippen LogP contribution in [-0.4, -0.2) is 47.4 Å². The predicted molar refractivity (Wildman–Crippen MR) is 76.8 cm³/mol. The molecular formula is C14H19F3N4O2. The molecule has 1 aromatic rings. The van der Waals surface area contributed by atoms with Crippen LogP contribution in [0.15, 0.2) is 12.1 Å². The number of carbonyl (C=O) groups is 1. The van der Waals surface area contributed by atoms with Crippen LogP contribution in [0, 0.1) is 5.92 Å². The lowest BCUT2D eigenvalue weighted by atomic mass is 9.99. The molecule has 1 fully saturated rings. The van der Waals surface area contributed by atoms with E-state index in [1.54, 1.807) is 4.90 Å². The summed E-state index contributed by atoms with van der Waals surface area (Å²) in [5.74, 6) is 0.267. The molecular weight excluding hydrogens is 313 g/mol. The van der Waals surface area contributed by atoms with Crippen LogP contribution < -0.4 is 5.32 Å². The number of nitrogens with zero attached hydrogens (tertiary/aromatic N) is 3. The lowest BCUT2D eigenvalue weighted by Gasteiger charge is -2.32. The third kappa shape index (κ3) is 5.05.